The predicted octanol–water partition coefficient (Wildman–Crippen LogP) is 3.29. The molecule has 0 aliphatic carbocycles. The van der Waals surface area contributed by atoms with E-state index in [0.717, 1.165) is 27.2 Å². The summed E-state index contributed by atoms with van der Waals surface area (Å²) in [5, 5.41) is 21.4. The zero-order chi connectivity index (χ0) is 15.8. The summed E-state index contributed by atoms with van der Waals surface area (Å²) in [5.74, 6) is 1.25. The standard InChI is InChI=1S/C16H16N6S/c1-10(2)12-9-13(18-17-12)15-21-22-14(19-20-16(22)23-15)8-11-6-4-3-5-7-11/h3-7,9-10H,8H2,1-2H3,(H,17,18). The molecule has 0 aliphatic rings. The van der Waals surface area contributed by atoms with Crippen LogP contribution < -0.4 is 0 Å². The largest absolute Gasteiger partial charge is 0.282 e. The summed E-state index contributed by atoms with van der Waals surface area (Å²) < 4.78 is 1.82. The Hall–Kier alpha value is -2.54. The minimum absolute atomic E-state index is 0.413. The lowest BCUT2D eigenvalue weighted by Crippen LogP contribution is -1.97. The van der Waals surface area contributed by atoms with Crippen molar-refractivity contribution >= 4 is 16.3 Å². The van der Waals surface area contributed by atoms with E-state index in [0.29, 0.717) is 12.3 Å². The Morgan fingerprint density at radius 3 is 2.74 bits per heavy atom. The molecule has 6 nitrogen and oxygen atoms in total. The minimum atomic E-state index is 0.413. The number of nitrogens with one attached hydrogen (secondary N) is 1. The summed E-state index contributed by atoms with van der Waals surface area (Å²) in [5.41, 5.74) is 3.16. The highest BCUT2D eigenvalue weighted by Gasteiger charge is 2.15. The number of fused-ring (bicyclic) bond motifs is 1. The zero-order valence-corrected chi connectivity index (χ0v) is 13.7. The first-order chi connectivity index (χ1) is 11.2. The molecule has 3 heterocycles. The lowest BCUT2D eigenvalue weighted by Gasteiger charge is -1.97. The Labute approximate surface area is 137 Å². The van der Waals surface area contributed by atoms with Crippen LogP contribution in [0, 0.1) is 0 Å². The molecule has 0 spiro atoms. The van der Waals surface area contributed by atoms with Gasteiger partial charge in [-0.2, -0.15) is 14.7 Å². The van der Waals surface area contributed by atoms with Gasteiger partial charge in [-0.15, -0.1) is 10.2 Å². The molecule has 0 saturated carbocycles. The SMILES string of the molecule is CC(C)c1cc(-c2nn3c(Cc4ccccc4)nnc3s2)n[nH]1. The first-order valence-electron chi connectivity index (χ1n) is 7.51. The predicted molar refractivity (Wildman–Crippen MR) is 89.6 cm³/mol. The van der Waals surface area contributed by atoms with Gasteiger partial charge in [0.15, 0.2) is 10.8 Å². The molecule has 23 heavy (non-hydrogen) atoms. The number of hydrogen-bond acceptors (Lipinski definition) is 5. The first-order valence-corrected chi connectivity index (χ1v) is 8.33. The Kier molecular flexibility index (Phi) is 3.42. The normalized spacial score (nSPS) is 11.6. The van der Waals surface area contributed by atoms with Crippen molar-refractivity contribution in [3.8, 4) is 10.7 Å². The second-order valence-electron chi connectivity index (χ2n) is 5.74. The van der Waals surface area contributed by atoms with E-state index in [-0.39, 0.29) is 0 Å². The highest BCUT2D eigenvalue weighted by atomic mass is 32.1. The molecular weight excluding hydrogens is 308 g/mol. The molecule has 1 N–H and O–H groups in total. The van der Waals surface area contributed by atoms with Crippen molar-refractivity contribution in [2.45, 2.75) is 26.2 Å². The van der Waals surface area contributed by atoms with Gasteiger partial charge in [0, 0.05) is 12.1 Å². The smallest absolute Gasteiger partial charge is 0.235 e. The van der Waals surface area contributed by atoms with Crippen LogP contribution in [-0.2, 0) is 6.42 Å². The average Bonchev–Trinajstić information content (AvgIpc) is 3.24. The molecule has 0 saturated heterocycles. The second-order valence-corrected chi connectivity index (χ2v) is 6.70. The lowest BCUT2D eigenvalue weighted by atomic mass is 10.1. The van der Waals surface area contributed by atoms with Crippen molar-refractivity contribution in [3.63, 3.8) is 0 Å². The van der Waals surface area contributed by atoms with Gasteiger partial charge < -0.3 is 0 Å². The van der Waals surface area contributed by atoms with Crippen molar-refractivity contribution in [1.29, 1.82) is 0 Å². The van der Waals surface area contributed by atoms with Gasteiger partial charge in [0.2, 0.25) is 4.96 Å². The number of benzene rings is 1. The van der Waals surface area contributed by atoms with Crippen LogP contribution in [0.15, 0.2) is 36.4 Å². The van der Waals surface area contributed by atoms with Gasteiger partial charge in [-0.05, 0) is 17.5 Å². The van der Waals surface area contributed by atoms with Crippen molar-refractivity contribution in [2.75, 3.05) is 0 Å². The van der Waals surface area contributed by atoms with Crippen LogP contribution in [0.4, 0.5) is 0 Å². The van der Waals surface area contributed by atoms with Gasteiger partial charge in [0.1, 0.15) is 5.69 Å². The van der Waals surface area contributed by atoms with E-state index in [4.69, 9.17) is 0 Å². The third kappa shape index (κ3) is 2.63. The Balaban J connectivity index is 1.68. The van der Waals surface area contributed by atoms with Gasteiger partial charge in [-0.25, -0.2) is 0 Å². The number of H-pyrrole nitrogens is 1. The number of rotatable bonds is 4. The van der Waals surface area contributed by atoms with Crippen LogP contribution in [0.2, 0.25) is 0 Å². The highest BCUT2D eigenvalue weighted by Crippen LogP contribution is 2.26. The number of nitrogens with zero attached hydrogens (tertiary/aromatic N) is 5. The number of aromatic amines is 1. The molecular formula is C16H16N6S. The van der Waals surface area contributed by atoms with Gasteiger partial charge in [-0.1, -0.05) is 55.5 Å². The fourth-order valence-corrected chi connectivity index (χ4v) is 3.21. The molecule has 0 atom stereocenters. The third-order valence-corrected chi connectivity index (χ3v) is 4.62. The molecule has 0 bridgehead atoms. The van der Waals surface area contributed by atoms with Gasteiger partial charge in [0.05, 0.1) is 0 Å². The average molecular weight is 324 g/mol. The zero-order valence-electron chi connectivity index (χ0n) is 12.9. The molecule has 3 aromatic heterocycles. The summed E-state index contributed by atoms with van der Waals surface area (Å²) in [6.45, 7) is 4.27. The molecule has 0 unspecified atom stereocenters. The topological polar surface area (TPSA) is 71.8 Å². The van der Waals surface area contributed by atoms with Crippen LogP contribution in [0.25, 0.3) is 15.7 Å². The Morgan fingerprint density at radius 1 is 1.17 bits per heavy atom. The third-order valence-electron chi connectivity index (χ3n) is 3.70. The summed E-state index contributed by atoms with van der Waals surface area (Å²) in [6, 6.07) is 12.3. The maximum absolute atomic E-state index is 4.64. The van der Waals surface area contributed by atoms with Crippen molar-refractivity contribution in [2.24, 2.45) is 0 Å². The molecule has 7 heteroatoms. The molecule has 0 amide bonds. The highest BCUT2D eigenvalue weighted by molar-refractivity contribution is 7.19. The lowest BCUT2D eigenvalue weighted by molar-refractivity contribution is 0.810. The maximum Gasteiger partial charge on any atom is 0.235 e. The van der Waals surface area contributed by atoms with E-state index in [2.05, 4.69) is 51.5 Å². The first kappa shape index (κ1) is 14.1. The molecule has 0 radical (unpaired) electrons. The monoisotopic (exact) mass is 324 g/mol. The van der Waals surface area contributed by atoms with Crippen LogP contribution in [-0.4, -0.2) is 30.0 Å². The quantitative estimate of drug-likeness (QED) is 0.625. The van der Waals surface area contributed by atoms with Crippen molar-refractivity contribution in [1.82, 2.24) is 30.0 Å². The summed E-state index contributed by atoms with van der Waals surface area (Å²) in [6.07, 6.45) is 0.711. The Bertz CT molecular complexity index is 934. The second kappa shape index (κ2) is 5.58. The molecule has 1 aromatic carbocycles. The van der Waals surface area contributed by atoms with E-state index in [1.165, 1.54) is 16.9 Å². The molecule has 0 aliphatic heterocycles. The summed E-state index contributed by atoms with van der Waals surface area (Å²) in [4.78, 5) is 0.792. The van der Waals surface area contributed by atoms with Crippen LogP contribution in [0.1, 0.15) is 36.8 Å². The fourth-order valence-electron chi connectivity index (χ4n) is 2.39. The Morgan fingerprint density at radius 2 is 2.00 bits per heavy atom. The molecule has 116 valence electrons. The fraction of sp³-hybridized carbons (Fsp3) is 0.250. The minimum Gasteiger partial charge on any atom is -0.282 e. The van der Waals surface area contributed by atoms with Gasteiger partial charge in [-0.3, -0.25) is 5.10 Å². The van der Waals surface area contributed by atoms with Gasteiger partial charge in [0.25, 0.3) is 0 Å². The van der Waals surface area contributed by atoms with Gasteiger partial charge >= 0.3 is 0 Å². The van der Waals surface area contributed by atoms with Crippen LogP contribution >= 0.6 is 11.3 Å². The van der Waals surface area contributed by atoms with Crippen molar-refractivity contribution < 1.29 is 0 Å². The van der Waals surface area contributed by atoms with E-state index in [1.54, 1.807) is 0 Å². The van der Waals surface area contributed by atoms with E-state index < -0.39 is 0 Å². The van der Waals surface area contributed by atoms with E-state index in [9.17, 15) is 0 Å². The molecule has 0 fully saturated rings. The van der Waals surface area contributed by atoms with E-state index in [1.807, 2.05) is 28.8 Å². The summed E-state index contributed by atoms with van der Waals surface area (Å²) >= 11 is 1.50. The van der Waals surface area contributed by atoms with Crippen LogP contribution in [0.5, 0.6) is 0 Å². The molecule has 4 rings (SSSR count). The molecule has 4 aromatic rings. The summed E-state index contributed by atoms with van der Waals surface area (Å²) in [7, 11) is 0. The van der Waals surface area contributed by atoms with E-state index >= 15 is 0 Å². The van der Waals surface area contributed by atoms with Crippen molar-refractivity contribution in [3.05, 3.63) is 53.5 Å². The maximum atomic E-state index is 4.64. The number of hydrogen-bond donors (Lipinski definition) is 1. The van der Waals surface area contributed by atoms with Crippen LogP contribution in [0.3, 0.4) is 0 Å². The number of aromatic nitrogens is 6.